The molecule has 0 saturated heterocycles. The van der Waals surface area contributed by atoms with E-state index in [1.807, 2.05) is 29.7 Å². The third-order valence-corrected chi connectivity index (χ3v) is 4.03. The van der Waals surface area contributed by atoms with Gasteiger partial charge < -0.3 is 20.1 Å². The second-order valence-corrected chi connectivity index (χ2v) is 6.16. The second-order valence-electron chi connectivity index (χ2n) is 6.16. The average molecular weight is 367 g/mol. The summed E-state index contributed by atoms with van der Waals surface area (Å²) in [6.07, 6.45) is 3.24. The summed E-state index contributed by atoms with van der Waals surface area (Å²) in [6, 6.07) is 10.5. The number of rotatable bonds is 8. The lowest BCUT2D eigenvalue weighted by atomic mass is 10.1. The number of unbranched alkanes of at least 4 members (excludes halogenated alkanes) is 1. The molecule has 2 aromatic heterocycles. The lowest BCUT2D eigenvalue weighted by Crippen LogP contribution is -2.07. The number of carboxylic acid groups (broad SMARTS) is 1. The normalized spacial score (nSPS) is 10.7. The Bertz CT molecular complexity index is 939. The number of anilines is 1. The molecule has 0 spiro atoms. The minimum absolute atomic E-state index is 0.184. The van der Waals surface area contributed by atoms with Gasteiger partial charge in [-0.05, 0) is 44.0 Å². The molecule has 0 saturated carbocycles. The van der Waals surface area contributed by atoms with Gasteiger partial charge in [0.05, 0.1) is 6.61 Å². The highest BCUT2D eigenvalue weighted by Crippen LogP contribution is 2.21. The molecule has 140 valence electrons. The first-order valence-electron chi connectivity index (χ1n) is 8.62. The number of aromatic carboxylic acids is 1. The van der Waals surface area contributed by atoms with Crippen LogP contribution < -0.4 is 10.5 Å². The van der Waals surface area contributed by atoms with Gasteiger partial charge in [-0.2, -0.15) is 0 Å². The van der Waals surface area contributed by atoms with Crippen molar-refractivity contribution in [1.29, 1.82) is 0 Å². The molecule has 0 amide bonds. The van der Waals surface area contributed by atoms with Crippen LogP contribution in [0.1, 0.15) is 28.8 Å². The number of ether oxygens (including phenoxy) is 1. The first kappa shape index (κ1) is 18.4. The predicted molar refractivity (Wildman–Crippen MR) is 101 cm³/mol. The molecule has 1 aromatic carbocycles. The van der Waals surface area contributed by atoms with Gasteiger partial charge in [0.2, 0.25) is 0 Å². The molecule has 0 radical (unpaired) electrons. The molecule has 0 atom stereocenters. The summed E-state index contributed by atoms with van der Waals surface area (Å²) in [5, 5.41) is 17.3. The lowest BCUT2D eigenvalue weighted by Gasteiger charge is -2.10. The SMILES string of the molecule is Cc1ccc(OCCCCn2cnnc2-c2cccc(N)n2)c(C(=O)O)c1. The van der Waals surface area contributed by atoms with Crippen LogP contribution in [0, 0.1) is 6.92 Å². The maximum absolute atomic E-state index is 11.3. The van der Waals surface area contributed by atoms with E-state index in [-0.39, 0.29) is 5.56 Å². The Hall–Kier alpha value is -3.42. The van der Waals surface area contributed by atoms with E-state index < -0.39 is 5.97 Å². The minimum atomic E-state index is -0.988. The summed E-state index contributed by atoms with van der Waals surface area (Å²) in [4.78, 5) is 15.6. The molecule has 0 fully saturated rings. The van der Waals surface area contributed by atoms with E-state index in [4.69, 9.17) is 10.5 Å². The van der Waals surface area contributed by atoms with Crippen LogP contribution in [-0.2, 0) is 6.54 Å². The van der Waals surface area contributed by atoms with Crippen LogP contribution in [0.5, 0.6) is 5.75 Å². The molecular formula is C19H21N5O3. The van der Waals surface area contributed by atoms with E-state index in [0.717, 1.165) is 18.4 Å². The van der Waals surface area contributed by atoms with Crippen LogP contribution in [0.25, 0.3) is 11.5 Å². The van der Waals surface area contributed by atoms with Gasteiger partial charge in [0.25, 0.3) is 0 Å². The molecule has 8 nitrogen and oxygen atoms in total. The number of aryl methyl sites for hydroxylation is 2. The number of carbonyl (C=O) groups is 1. The Kier molecular flexibility index (Phi) is 5.65. The van der Waals surface area contributed by atoms with Crippen molar-refractivity contribution in [2.24, 2.45) is 0 Å². The smallest absolute Gasteiger partial charge is 0.339 e. The van der Waals surface area contributed by atoms with Crippen molar-refractivity contribution in [2.75, 3.05) is 12.3 Å². The number of nitrogens with zero attached hydrogens (tertiary/aromatic N) is 4. The van der Waals surface area contributed by atoms with E-state index in [0.29, 0.717) is 36.2 Å². The number of hydrogen-bond acceptors (Lipinski definition) is 6. The molecule has 2 heterocycles. The van der Waals surface area contributed by atoms with Crippen molar-refractivity contribution in [3.63, 3.8) is 0 Å². The Balaban J connectivity index is 1.54. The topological polar surface area (TPSA) is 116 Å². The number of nitrogens with two attached hydrogens (primary N) is 1. The molecule has 0 aliphatic carbocycles. The number of nitrogen functional groups attached to an aromatic ring is 1. The third-order valence-electron chi connectivity index (χ3n) is 4.03. The Morgan fingerprint density at radius 1 is 1.26 bits per heavy atom. The summed E-state index contributed by atoms with van der Waals surface area (Å²) in [7, 11) is 0. The zero-order valence-corrected chi connectivity index (χ0v) is 15.0. The quantitative estimate of drug-likeness (QED) is 0.588. The average Bonchev–Trinajstić information content (AvgIpc) is 3.11. The van der Waals surface area contributed by atoms with Crippen molar-refractivity contribution in [3.05, 3.63) is 53.9 Å². The predicted octanol–water partition coefficient (Wildman–Crippen LogP) is 2.79. The summed E-state index contributed by atoms with van der Waals surface area (Å²) >= 11 is 0. The molecule has 0 aliphatic rings. The molecule has 0 aliphatic heterocycles. The zero-order chi connectivity index (χ0) is 19.2. The molecule has 27 heavy (non-hydrogen) atoms. The summed E-state index contributed by atoms with van der Waals surface area (Å²) in [5.74, 6) is 0.497. The largest absolute Gasteiger partial charge is 0.493 e. The van der Waals surface area contributed by atoms with Gasteiger partial charge in [0, 0.05) is 6.54 Å². The first-order valence-corrected chi connectivity index (χ1v) is 8.62. The van der Waals surface area contributed by atoms with E-state index in [1.165, 1.54) is 0 Å². The minimum Gasteiger partial charge on any atom is -0.493 e. The van der Waals surface area contributed by atoms with Crippen LogP contribution in [0.15, 0.2) is 42.7 Å². The van der Waals surface area contributed by atoms with E-state index >= 15 is 0 Å². The molecule has 0 bridgehead atoms. The standard InChI is InChI=1S/C19H21N5O3/c1-13-7-8-16(14(11-13)19(25)26)27-10-3-2-9-24-12-21-23-18(24)15-5-4-6-17(20)22-15/h4-8,11-12H,2-3,9-10H2,1H3,(H2,20,22)(H,25,26). The van der Waals surface area contributed by atoms with Crippen molar-refractivity contribution in [1.82, 2.24) is 19.7 Å². The van der Waals surface area contributed by atoms with Crippen LogP contribution >= 0.6 is 0 Å². The molecule has 0 unspecified atom stereocenters. The van der Waals surface area contributed by atoms with Crippen LogP contribution in [0.2, 0.25) is 0 Å². The highest BCUT2D eigenvalue weighted by atomic mass is 16.5. The summed E-state index contributed by atoms with van der Waals surface area (Å²) in [5.41, 5.74) is 7.47. The van der Waals surface area contributed by atoms with Crippen molar-refractivity contribution < 1.29 is 14.6 Å². The van der Waals surface area contributed by atoms with Crippen LogP contribution in [0.3, 0.4) is 0 Å². The van der Waals surface area contributed by atoms with Crippen molar-refractivity contribution >= 4 is 11.8 Å². The third kappa shape index (κ3) is 4.60. The molecular weight excluding hydrogens is 346 g/mol. The van der Waals surface area contributed by atoms with Gasteiger partial charge >= 0.3 is 5.97 Å². The van der Waals surface area contributed by atoms with Gasteiger partial charge in [-0.15, -0.1) is 10.2 Å². The zero-order valence-electron chi connectivity index (χ0n) is 15.0. The van der Waals surface area contributed by atoms with E-state index in [1.54, 1.807) is 24.5 Å². The maximum atomic E-state index is 11.3. The Morgan fingerprint density at radius 2 is 2.11 bits per heavy atom. The van der Waals surface area contributed by atoms with Crippen LogP contribution in [-0.4, -0.2) is 37.4 Å². The lowest BCUT2D eigenvalue weighted by molar-refractivity contribution is 0.0692. The Morgan fingerprint density at radius 3 is 2.89 bits per heavy atom. The molecule has 3 N–H and O–H groups in total. The fourth-order valence-corrected chi connectivity index (χ4v) is 2.70. The summed E-state index contributed by atoms with van der Waals surface area (Å²) < 4.78 is 7.57. The van der Waals surface area contributed by atoms with Gasteiger partial charge in [0.15, 0.2) is 5.82 Å². The maximum Gasteiger partial charge on any atom is 0.339 e. The molecule has 3 rings (SSSR count). The number of pyridine rings is 1. The van der Waals surface area contributed by atoms with Crippen molar-refractivity contribution in [3.8, 4) is 17.3 Å². The first-order chi connectivity index (χ1) is 13.0. The van der Waals surface area contributed by atoms with Gasteiger partial charge in [-0.3, -0.25) is 0 Å². The fraction of sp³-hybridized carbons (Fsp3) is 0.263. The highest BCUT2D eigenvalue weighted by molar-refractivity contribution is 5.91. The number of benzene rings is 1. The number of hydrogen-bond donors (Lipinski definition) is 2. The van der Waals surface area contributed by atoms with E-state index in [9.17, 15) is 9.90 Å². The van der Waals surface area contributed by atoms with Crippen LogP contribution in [0.4, 0.5) is 5.82 Å². The van der Waals surface area contributed by atoms with Crippen molar-refractivity contribution in [2.45, 2.75) is 26.3 Å². The van der Waals surface area contributed by atoms with Gasteiger partial charge in [-0.25, -0.2) is 9.78 Å². The molecule has 3 aromatic rings. The fourth-order valence-electron chi connectivity index (χ4n) is 2.70. The second kappa shape index (κ2) is 8.31. The molecule has 8 heteroatoms. The highest BCUT2D eigenvalue weighted by Gasteiger charge is 2.12. The number of carboxylic acids is 1. The van der Waals surface area contributed by atoms with E-state index in [2.05, 4.69) is 15.2 Å². The Labute approximate surface area is 156 Å². The van der Waals surface area contributed by atoms with Gasteiger partial charge in [-0.1, -0.05) is 17.7 Å². The number of aromatic nitrogens is 4. The van der Waals surface area contributed by atoms with Gasteiger partial charge in [0.1, 0.15) is 29.2 Å². The summed E-state index contributed by atoms with van der Waals surface area (Å²) in [6.45, 7) is 2.97. The monoisotopic (exact) mass is 367 g/mol.